The second-order valence-corrected chi connectivity index (χ2v) is 8.75. The molecule has 4 rings (SSSR count). The van der Waals surface area contributed by atoms with Gasteiger partial charge >= 0.3 is 0 Å². The van der Waals surface area contributed by atoms with Crippen LogP contribution in [0, 0.1) is 11.6 Å². The smallest absolute Gasteiger partial charge is 0.258 e. The molecule has 1 aromatic heterocycles. The third-order valence-corrected chi connectivity index (χ3v) is 6.22. The number of nitrogens with zero attached hydrogens (tertiary/aromatic N) is 1. The summed E-state index contributed by atoms with van der Waals surface area (Å²) in [4.78, 5) is 29.8. The van der Waals surface area contributed by atoms with Crippen molar-refractivity contribution in [1.29, 1.82) is 0 Å². The SMILES string of the molecule is O=C(CSc1cccc(NC(=O)c2ccccc2F)c1)Nc1nc(-c2ccc(F)cc2)cs1. The Bertz CT molecular complexity index is 1290. The van der Waals surface area contributed by atoms with E-state index >= 15 is 0 Å². The second-order valence-electron chi connectivity index (χ2n) is 6.84. The van der Waals surface area contributed by atoms with Crippen molar-refractivity contribution in [3.05, 3.63) is 95.4 Å². The normalized spacial score (nSPS) is 10.6. The number of halogens is 2. The van der Waals surface area contributed by atoms with Crippen LogP contribution in [0.5, 0.6) is 0 Å². The van der Waals surface area contributed by atoms with Gasteiger partial charge in [0, 0.05) is 21.5 Å². The summed E-state index contributed by atoms with van der Waals surface area (Å²) in [7, 11) is 0. The quantitative estimate of drug-likeness (QED) is 0.314. The van der Waals surface area contributed by atoms with E-state index in [2.05, 4.69) is 15.6 Å². The molecule has 0 saturated carbocycles. The Labute approximate surface area is 196 Å². The predicted molar refractivity (Wildman–Crippen MR) is 128 cm³/mol. The van der Waals surface area contributed by atoms with Gasteiger partial charge in [-0.15, -0.1) is 23.1 Å². The highest BCUT2D eigenvalue weighted by molar-refractivity contribution is 8.00. The van der Waals surface area contributed by atoms with Gasteiger partial charge in [0.25, 0.3) is 5.91 Å². The van der Waals surface area contributed by atoms with Crippen LogP contribution in [0.25, 0.3) is 11.3 Å². The maximum atomic E-state index is 13.8. The van der Waals surface area contributed by atoms with Gasteiger partial charge in [-0.3, -0.25) is 9.59 Å². The molecule has 0 aliphatic heterocycles. The zero-order valence-corrected chi connectivity index (χ0v) is 18.7. The van der Waals surface area contributed by atoms with E-state index in [0.29, 0.717) is 16.5 Å². The number of anilines is 2. The van der Waals surface area contributed by atoms with Gasteiger partial charge in [0.05, 0.1) is 17.0 Å². The van der Waals surface area contributed by atoms with E-state index < -0.39 is 11.7 Å². The lowest BCUT2D eigenvalue weighted by Gasteiger charge is -2.08. The molecule has 5 nitrogen and oxygen atoms in total. The minimum atomic E-state index is -0.595. The number of thioether (sulfide) groups is 1. The maximum Gasteiger partial charge on any atom is 0.258 e. The van der Waals surface area contributed by atoms with E-state index in [1.807, 2.05) is 6.07 Å². The molecular formula is C24H17F2N3O2S2. The highest BCUT2D eigenvalue weighted by Crippen LogP contribution is 2.26. The van der Waals surface area contributed by atoms with Gasteiger partial charge in [-0.25, -0.2) is 13.8 Å². The second kappa shape index (κ2) is 10.4. The molecule has 4 aromatic rings. The van der Waals surface area contributed by atoms with Crippen LogP contribution in [0.15, 0.2) is 83.1 Å². The van der Waals surface area contributed by atoms with Crippen LogP contribution in [0.1, 0.15) is 10.4 Å². The van der Waals surface area contributed by atoms with Crippen molar-refractivity contribution in [2.75, 3.05) is 16.4 Å². The number of hydrogen-bond acceptors (Lipinski definition) is 5. The first kappa shape index (κ1) is 22.6. The third-order valence-electron chi connectivity index (χ3n) is 4.47. The molecule has 2 N–H and O–H groups in total. The molecular weight excluding hydrogens is 464 g/mol. The number of rotatable bonds is 7. The minimum Gasteiger partial charge on any atom is -0.322 e. The molecule has 0 saturated heterocycles. The fourth-order valence-corrected chi connectivity index (χ4v) is 4.39. The number of amides is 2. The number of aromatic nitrogens is 1. The topological polar surface area (TPSA) is 71.1 Å². The standard InChI is InChI=1S/C24H17F2N3O2S2/c25-16-10-8-15(9-11-16)21-13-33-24(28-21)29-22(30)14-32-18-5-3-4-17(12-18)27-23(31)19-6-1-2-7-20(19)26/h1-13H,14H2,(H,27,31)(H,28,29,30). The van der Waals surface area contributed by atoms with Crippen molar-refractivity contribution >= 4 is 45.7 Å². The molecule has 3 aromatic carbocycles. The van der Waals surface area contributed by atoms with Gasteiger partial charge in [-0.1, -0.05) is 18.2 Å². The van der Waals surface area contributed by atoms with Crippen LogP contribution in [0.2, 0.25) is 0 Å². The zero-order valence-electron chi connectivity index (χ0n) is 17.0. The van der Waals surface area contributed by atoms with Crippen LogP contribution in [0.3, 0.4) is 0 Å². The first-order valence-electron chi connectivity index (χ1n) is 9.78. The van der Waals surface area contributed by atoms with Crippen molar-refractivity contribution in [2.45, 2.75) is 4.90 Å². The lowest BCUT2D eigenvalue weighted by molar-refractivity contribution is -0.113. The van der Waals surface area contributed by atoms with E-state index in [0.717, 1.165) is 10.5 Å². The van der Waals surface area contributed by atoms with E-state index in [1.165, 1.54) is 53.4 Å². The van der Waals surface area contributed by atoms with E-state index in [9.17, 15) is 18.4 Å². The lowest BCUT2D eigenvalue weighted by atomic mass is 10.2. The number of carbonyl (C=O) groups excluding carboxylic acids is 2. The monoisotopic (exact) mass is 481 g/mol. The molecule has 2 amide bonds. The van der Waals surface area contributed by atoms with Crippen LogP contribution >= 0.6 is 23.1 Å². The summed E-state index contributed by atoms with van der Waals surface area (Å²) in [6.07, 6.45) is 0. The predicted octanol–water partition coefficient (Wildman–Crippen LogP) is 6.07. The average Bonchev–Trinajstić information content (AvgIpc) is 3.27. The van der Waals surface area contributed by atoms with E-state index in [4.69, 9.17) is 0 Å². The Morgan fingerprint density at radius 1 is 0.939 bits per heavy atom. The zero-order chi connectivity index (χ0) is 23.2. The van der Waals surface area contributed by atoms with Crippen LogP contribution in [-0.4, -0.2) is 22.6 Å². The summed E-state index contributed by atoms with van der Waals surface area (Å²) >= 11 is 2.57. The first-order valence-corrected chi connectivity index (χ1v) is 11.6. The fourth-order valence-electron chi connectivity index (χ4n) is 2.90. The third kappa shape index (κ3) is 6.03. The number of thiazole rings is 1. The fraction of sp³-hybridized carbons (Fsp3) is 0.0417. The molecule has 9 heteroatoms. The van der Waals surface area contributed by atoms with Crippen LogP contribution in [0.4, 0.5) is 19.6 Å². The van der Waals surface area contributed by atoms with Crippen LogP contribution in [-0.2, 0) is 4.79 Å². The van der Waals surface area contributed by atoms with E-state index in [-0.39, 0.29) is 23.0 Å². The number of benzene rings is 3. The largest absolute Gasteiger partial charge is 0.322 e. The molecule has 0 spiro atoms. The van der Waals surface area contributed by atoms with Crippen molar-refractivity contribution in [1.82, 2.24) is 4.98 Å². The summed E-state index contributed by atoms with van der Waals surface area (Å²) < 4.78 is 26.9. The Morgan fingerprint density at radius 3 is 2.52 bits per heavy atom. The molecule has 0 aliphatic rings. The number of carbonyl (C=O) groups is 2. The molecule has 33 heavy (non-hydrogen) atoms. The molecule has 0 radical (unpaired) electrons. The van der Waals surface area contributed by atoms with Gasteiger partial charge in [0.15, 0.2) is 5.13 Å². The molecule has 0 atom stereocenters. The average molecular weight is 482 g/mol. The van der Waals surface area contributed by atoms with Crippen molar-refractivity contribution in [3.8, 4) is 11.3 Å². The van der Waals surface area contributed by atoms with Gasteiger partial charge in [-0.05, 0) is 54.6 Å². The molecule has 1 heterocycles. The van der Waals surface area contributed by atoms with Crippen LogP contribution < -0.4 is 10.6 Å². The maximum absolute atomic E-state index is 13.8. The molecule has 0 fully saturated rings. The first-order chi connectivity index (χ1) is 16.0. The minimum absolute atomic E-state index is 0.0432. The summed E-state index contributed by atoms with van der Waals surface area (Å²) in [5, 5.41) is 7.65. The number of hydrogen-bond donors (Lipinski definition) is 2. The molecule has 0 aliphatic carbocycles. The lowest BCUT2D eigenvalue weighted by Crippen LogP contribution is -2.14. The van der Waals surface area contributed by atoms with Crippen molar-refractivity contribution in [3.63, 3.8) is 0 Å². The van der Waals surface area contributed by atoms with E-state index in [1.54, 1.807) is 41.8 Å². The van der Waals surface area contributed by atoms with Crippen molar-refractivity contribution < 1.29 is 18.4 Å². The Balaban J connectivity index is 1.32. The molecule has 0 unspecified atom stereocenters. The summed E-state index contributed by atoms with van der Waals surface area (Å²) in [5.74, 6) is -1.57. The molecule has 0 bridgehead atoms. The van der Waals surface area contributed by atoms with Gasteiger partial charge in [-0.2, -0.15) is 0 Å². The van der Waals surface area contributed by atoms with Gasteiger partial charge in [0.1, 0.15) is 11.6 Å². The van der Waals surface area contributed by atoms with Gasteiger partial charge < -0.3 is 10.6 Å². The summed E-state index contributed by atoms with van der Waals surface area (Å²) in [6, 6.07) is 18.7. The summed E-state index contributed by atoms with van der Waals surface area (Å²) in [6.45, 7) is 0. The Hall–Kier alpha value is -3.56. The highest BCUT2D eigenvalue weighted by Gasteiger charge is 2.12. The van der Waals surface area contributed by atoms with Gasteiger partial charge in [0.2, 0.25) is 5.91 Å². The summed E-state index contributed by atoms with van der Waals surface area (Å²) in [5.41, 5.74) is 1.87. The number of nitrogens with one attached hydrogen (secondary N) is 2. The Morgan fingerprint density at radius 2 is 1.73 bits per heavy atom. The molecule has 166 valence electrons. The highest BCUT2D eigenvalue weighted by atomic mass is 32.2. The Kier molecular flexibility index (Phi) is 7.11. The van der Waals surface area contributed by atoms with Crippen molar-refractivity contribution in [2.24, 2.45) is 0 Å².